The van der Waals surface area contributed by atoms with Crippen LogP contribution in [0.15, 0.2) is 24.3 Å². The maximum Gasteiger partial charge on any atom is 0.179 e. The third-order valence-corrected chi connectivity index (χ3v) is 2.86. The largest absolute Gasteiger partial charge is 0.491 e. The summed E-state index contributed by atoms with van der Waals surface area (Å²) in [6.07, 6.45) is 0. The van der Waals surface area contributed by atoms with Crippen molar-refractivity contribution in [2.45, 2.75) is 13.8 Å². The molecule has 1 unspecified atom stereocenters. The second kappa shape index (κ2) is 4.47. The standard InChI is InChI=1S/C12H19NO/c1-5-13(3,6-2)11-9-7-8-10-12(11)14-4/h5,7-10H,6H2,1-4H3/q+1. The summed E-state index contributed by atoms with van der Waals surface area (Å²) in [4.78, 5) is 0. The van der Waals surface area contributed by atoms with Gasteiger partial charge in [0.2, 0.25) is 0 Å². The number of rotatable bonds is 4. The van der Waals surface area contributed by atoms with Crippen LogP contribution in [0.4, 0.5) is 5.69 Å². The summed E-state index contributed by atoms with van der Waals surface area (Å²) >= 11 is 0. The molecule has 2 heteroatoms. The molecule has 0 fully saturated rings. The SMILES string of the molecule is C[CH][N+](C)(CC)c1ccccc1OC. The summed E-state index contributed by atoms with van der Waals surface area (Å²) in [6, 6.07) is 8.17. The van der Waals surface area contributed by atoms with Gasteiger partial charge in [-0.2, -0.15) is 0 Å². The fourth-order valence-electron chi connectivity index (χ4n) is 1.54. The first-order chi connectivity index (χ1) is 6.68. The Labute approximate surface area is 86.7 Å². The average Bonchev–Trinajstić information content (AvgIpc) is 2.28. The van der Waals surface area contributed by atoms with E-state index in [4.69, 9.17) is 4.74 Å². The smallest absolute Gasteiger partial charge is 0.179 e. The molecule has 0 bridgehead atoms. The van der Waals surface area contributed by atoms with Gasteiger partial charge < -0.3 is 4.74 Å². The monoisotopic (exact) mass is 193 g/mol. The summed E-state index contributed by atoms with van der Waals surface area (Å²) in [5.74, 6) is 0.954. The predicted molar refractivity (Wildman–Crippen MR) is 61.2 cm³/mol. The molecule has 0 amide bonds. The highest BCUT2D eigenvalue weighted by Crippen LogP contribution is 2.32. The van der Waals surface area contributed by atoms with E-state index in [9.17, 15) is 0 Å². The normalized spacial score (nSPS) is 11.4. The number of quaternary nitrogens is 1. The first-order valence-electron chi connectivity index (χ1n) is 4.97. The van der Waals surface area contributed by atoms with Crippen LogP contribution in [0, 0.1) is 6.54 Å². The van der Waals surface area contributed by atoms with Crippen LogP contribution in [0.2, 0.25) is 0 Å². The maximum atomic E-state index is 5.36. The highest BCUT2D eigenvalue weighted by atomic mass is 16.5. The van der Waals surface area contributed by atoms with Crippen molar-refractivity contribution in [3.8, 4) is 5.75 Å². The Bertz CT molecular complexity index is 292. The van der Waals surface area contributed by atoms with Gasteiger partial charge in [-0.15, -0.1) is 0 Å². The number of hydrogen-bond acceptors (Lipinski definition) is 1. The lowest BCUT2D eigenvalue weighted by molar-refractivity contribution is 0.371. The van der Waals surface area contributed by atoms with Crippen molar-refractivity contribution in [3.05, 3.63) is 30.8 Å². The molecule has 1 aromatic rings. The average molecular weight is 193 g/mol. The molecule has 0 heterocycles. The van der Waals surface area contributed by atoms with Gasteiger partial charge in [0.15, 0.2) is 11.4 Å². The molecule has 0 saturated heterocycles. The van der Waals surface area contributed by atoms with Crippen molar-refractivity contribution < 1.29 is 4.74 Å². The molecule has 1 rings (SSSR count). The molecule has 1 atom stereocenters. The number of nitrogens with zero attached hydrogens (tertiary/aromatic N) is 1. The Morgan fingerprint density at radius 2 is 2.00 bits per heavy atom. The van der Waals surface area contributed by atoms with Gasteiger partial charge in [0.05, 0.1) is 20.7 Å². The van der Waals surface area contributed by atoms with Crippen molar-refractivity contribution in [2.24, 2.45) is 0 Å². The minimum absolute atomic E-state index is 0.796. The van der Waals surface area contributed by atoms with Gasteiger partial charge in [0.25, 0.3) is 0 Å². The maximum absolute atomic E-state index is 5.36. The molecule has 1 aromatic carbocycles. The van der Waals surface area contributed by atoms with Gasteiger partial charge in [-0.3, -0.25) is 4.48 Å². The molecule has 0 saturated carbocycles. The summed E-state index contributed by atoms with van der Waals surface area (Å²) < 4.78 is 6.16. The van der Waals surface area contributed by atoms with Gasteiger partial charge in [0, 0.05) is 6.07 Å². The van der Waals surface area contributed by atoms with Crippen LogP contribution in [-0.2, 0) is 0 Å². The van der Waals surface area contributed by atoms with Gasteiger partial charge in [-0.25, -0.2) is 0 Å². The Balaban J connectivity index is 3.15. The molecule has 14 heavy (non-hydrogen) atoms. The number of hydrogen-bond donors (Lipinski definition) is 0. The van der Waals surface area contributed by atoms with Crippen LogP contribution >= 0.6 is 0 Å². The Morgan fingerprint density at radius 3 is 2.50 bits per heavy atom. The molecule has 2 nitrogen and oxygen atoms in total. The van der Waals surface area contributed by atoms with E-state index in [-0.39, 0.29) is 0 Å². The predicted octanol–water partition coefficient (Wildman–Crippen LogP) is 2.83. The van der Waals surface area contributed by atoms with Crippen LogP contribution in [0.1, 0.15) is 13.8 Å². The zero-order valence-corrected chi connectivity index (χ0v) is 9.45. The fourth-order valence-corrected chi connectivity index (χ4v) is 1.54. The molecule has 0 N–H and O–H groups in total. The zero-order chi connectivity index (χ0) is 10.6. The summed E-state index contributed by atoms with van der Waals surface area (Å²) in [5, 5.41) is 0. The number of ether oxygens (including phenoxy) is 1. The topological polar surface area (TPSA) is 9.23 Å². The first kappa shape index (κ1) is 11.1. The molecule has 0 spiro atoms. The van der Waals surface area contributed by atoms with E-state index in [1.54, 1.807) is 7.11 Å². The van der Waals surface area contributed by atoms with E-state index >= 15 is 0 Å². The lowest BCUT2D eigenvalue weighted by Gasteiger charge is -2.31. The molecule has 0 aliphatic rings. The van der Waals surface area contributed by atoms with Crippen molar-refractivity contribution >= 4 is 5.69 Å². The molecule has 0 aliphatic heterocycles. The van der Waals surface area contributed by atoms with Gasteiger partial charge >= 0.3 is 0 Å². The number of para-hydroxylation sites is 2. The molecule has 1 radical (unpaired) electrons. The second-order valence-corrected chi connectivity index (χ2v) is 3.51. The van der Waals surface area contributed by atoms with Crippen LogP contribution in [0.3, 0.4) is 0 Å². The highest BCUT2D eigenvalue weighted by Gasteiger charge is 2.24. The Morgan fingerprint density at radius 1 is 1.36 bits per heavy atom. The van der Waals surface area contributed by atoms with E-state index < -0.39 is 0 Å². The lowest BCUT2D eigenvalue weighted by Crippen LogP contribution is -2.41. The minimum atomic E-state index is 0.796. The van der Waals surface area contributed by atoms with Gasteiger partial charge in [-0.05, 0) is 19.9 Å². The van der Waals surface area contributed by atoms with E-state index in [1.807, 2.05) is 18.2 Å². The van der Waals surface area contributed by atoms with Gasteiger partial charge in [-0.1, -0.05) is 12.1 Å². The van der Waals surface area contributed by atoms with Crippen molar-refractivity contribution in [2.75, 3.05) is 20.7 Å². The summed E-state index contributed by atoms with van der Waals surface area (Å²) in [6.45, 7) is 7.46. The molecule has 0 aliphatic carbocycles. The van der Waals surface area contributed by atoms with E-state index in [0.717, 1.165) is 16.8 Å². The van der Waals surface area contributed by atoms with E-state index in [0.29, 0.717) is 0 Å². The highest BCUT2D eigenvalue weighted by molar-refractivity contribution is 5.55. The van der Waals surface area contributed by atoms with Crippen molar-refractivity contribution in [3.63, 3.8) is 0 Å². The third-order valence-electron chi connectivity index (χ3n) is 2.86. The molecular weight excluding hydrogens is 174 g/mol. The summed E-state index contributed by atoms with van der Waals surface area (Å²) in [7, 11) is 3.90. The van der Waals surface area contributed by atoms with E-state index in [2.05, 4.69) is 33.5 Å². The first-order valence-corrected chi connectivity index (χ1v) is 4.97. The third kappa shape index (κ3) is 1.90. The lowest BCUT2D eigenvalue weighted by atomic mass is 10.2. The Hall–Kier alpha value is -1.02. The fraction of sp³-hybridized carbons (Fsp3) is 0.417. The van der Waals surface area contributed by atoms with Crippen LogP contribution in [0.5, 0.6) is 5.75 Å². The van der Waals surface area contributed by atoms with Crippen molar-refractivity contribution in [1.82, 2.24) is 4.48 Å². The number of methoxy groups -OCH3 is 1. The second-order valence-electron chi connectivity index (χ2n) is 3.51. The van der Waals surface area contributed by atoms with Crippen molar-refractivity contribution in [1.29, 1.82) is 0 Å². The van der Waals surface area contributed by atoms with E-state index in [1.165, 1.54) is 5.69 Å². The van der Waals surface area contributed by atoms with Crippen LogP contribution in [0.25, 0.3) is 0 Å². The summed E-state index contributed by atoms with van der Waals surface area (Å²) in [5.41, 5.74) is 1.21. The number of benzene rings is 1. The quantitative estimate of drug-likeness (QED) is 0.668. The van der Waals surface area contributed by atoms with Gasteiger partial charge in [0.1, 0.15) is 6.54 Å². The Kier molecular flexibility index (Phi) is 3.53. The molecule has 77 valence electrons. The van der Waals surface area contributed by atoms with Crippen LogP contribution in [-0.4, -0.2) is 20.7 Å². The minimum Gasteiger partial charge on any atom is -0.491 e. The van der Waals surface area contributed by atoms with Crippen LogP contribution < -0.4 is 9.22 Å². The molecular formula is C12H19NO+. The molecule has 0 aromatic heterocycles. The zero-order valence-electron chi connectivity index (χ0n) is 9.45.